The lowest BCUT2D eigenvalue weighted by Crippen LogP contribution is -2.30. The fourth-order valence-electron chi connectivity index (χ4n) is 4.24. The average Bonchev–Trinajstić information content (AvgIpc) is 3.06. The van der Waals surface area contributed by atoms with Crippen LogP contribution in [-0.2, 0) is 9.59 Å². The number of carbonyl (C=O) groups is 3. The van der Waals surface area contributed by atoms with Crippen molar-refractivity contribution in [1.29, 1.82) is 0 Å². The van der Waals surface area contributed by atoms with E-state index in [9.17, 15) is 14.4 Å². The SMILES string of the molecule is O=C(Nc1cccc(SC(C(=O)Nc2ccc(Cl)cn2)c2ccccc2)c1)/C(=C\c1ccc(Cl)cc1Cl)NC(=O)c1ccccc1. The number of nitrogens with zero attached hydrogens (tertiary/aromatic N) is 1. The molecule has 3 N–H and O–H groups in total. The Balaban J connectivity index is 1.38. The lowest BCUT2D eigenvalue weighted by molar-refractivity contribution is -0.116. The van der Waals surface area contributed by atoms with E-state index in [4.69, 9.17) is 34.8 Å². The van der Waals surface area contributed by atoms with Gasteiger partial charge in [0.05, 0.1) is 5.02 Å². The fourth-order valence-corrected chi connectivity index (χ4v) is 5.90. The summed E-state index contributed by atoms with van der Waals surface area (Å²) in [6.07, 6.45) is 2.94. The summed E-state index contributed by atoms with van der Waals surface area (Å²) in [5, 5.41) is 8.96. The maximum Gasteiger partial charge on any atom is 0.272 e. The van der Waals surface area contributed by atoms with Gasteiger partial charge in [0.2, 0.25) is 5.91 Å². The molecule has 230 valence electrons. The molecule has 1 aromatic heterocycles. The van der Waals surface area contributed by atoms with E-state index in [0.717, 1.165) is 5.56 Å². The highest BCUT2D eigenvalue weighted by Crippen LogP contribution is 2.37. The average molecular weight is 688 g/mol. The molecule has 1 atom stereocenters. The molecule has 0 fully saturated rings. The van der Waals surface area contributed by atoms with Crippen LogP contribution in [-0.4, -0.2) is 22.7 Å². The maximum atomic E-state index is 13.6. The number of nitrogens with one attached hydrogen (secondary N) is 3. The van der Waals surface area contributed by atoms with Crippen molar-refractivity contribution < 1.29 is 14.4 Å². The first-order valence-corrected chi connectivity index (χ1v) is 15.8. The molecule has 0 aliphatic rings. The number of aromatic nitrogens is 1. The van der Waals surface area contributed by atoms with Gasteiger partial charge in [-0.05, 0) is 71.8 Å². The predicted molar refractivity (Wildman–Crippen MR) is 186 cm³/mol. The molecule has 0 saturated heterocycles. The van der Waals surface area contributed by atoms with Crippen LogP contribution in [0.2, 0.25) is 15.1 Å². The Bertz CT molecular complexity index is 1890. The van der Waals surface area contributed by atoms with Crippen LogP contribution in [0.4, 0.5) is 11.5 Å². The van der Waals surface area contributed by atoms with E-state index in [2.05, 4.69) is 20.9 Å². The smallest absolute Gasteiger partial charge is 0.272 e. The molecule has 5 rings (SSSR count). The first-order chi connectivity index (χ1) is 22.2. The second-order valence-corrected chi connectivity index (χ2v) is 12.2. The molecule has 0 aliphatic carbocycles. The van der Waals surface area contributed by atoms with E-state index in [1.165, 1.54) is 24.0 Å². The number of amides is 3. The summed E-state index contributed by atoms with van der Waals surface area (Å²) >= 11 is 19.7. The molecular formula is C35H25Cl3N4O3S. The van der Waals surface area contributed by atoms with Gasteiger partial charge in [-0.1, -0.05) is 95.5 Å². The molecule has 1 heterocycles. The molecule has 46 heavy (non-hydrogen) atoms. The number of carbonyl (C=O) groups excluding carboxylic acids is 3. The largest absolute Gasteiger partial charge is 0.321 e. The molecule has 0 bridgehead atoms. The van der Waals surface area contributed by atoms with Crippen molar-refractivity contribution in [2.24, 2.45) is 0 Å². The summed E-state index contributed by atoms with van der Waals surface area (Å²) in [5.41, 5.74) is 2.06. The molecule has 11 heteroatoms. The van der Waals surface area contributed by atoms with Crippen molar-refractivity contribution in [3.05, 3.63) is 159 Å². The molecule has 0 radical (unpaired) electrons. The van der Waals surface area contributed by atoms with Crippen LogP contribution in [0.1, 0.15) is 26.7 Å². The molecule has 0 aliphatic heterocycles. The van der Waals surface area contributed by atoms with Crippen LogP contribution in [0.3, 0.4) is 0 Å². The van der Waals surface area contributed by atoms with Crippen LogP contribution in [0.25, 0.3) is 6.08 Å². The summed E-state index contributed by atoms with van der Waals surface area (Å²) in [4.78, 5) is 45.0. The predicted octanol–water partition coefficient (Wildman–Crippen LogP) is 8.92. The quantitative estimate of drug-likeness (QED) is 0.101. The number of hydrogen-bond acceptors (Lipinski definition) is 5. The summed E-state index contributed by atoms with van der Waals surface area (Å²) < 4.78 is 0. The number of anilines is 2. The Morgan fingerprint density at radius 1 is 0.739 bits per heavy atom. The normalized spacial score (nSPS) is 11.8. The number of rotatable bonds is 10. The van der Waals surface area contributed by atoms with Gasteiger partial charge < -0.3 is 16.0 Å². The third-order valence-electron chi connectivity index (χ3n) is 6.46. The molecule has 7 nitrogen and oxygen atoms in total. The zero-order valence-electron chi connectivity index (χ0n) is 23.9. The molecule has 4 aromatic carbocycles. The molecule has 3 amide bonds. The highest BCUT2D eigenvalue weighted by Gasteiger charge is 2.23. The summed E-state index contributed by atoms with van der Waals surface area (Å²) in [6.45, 7) is 0. The van der Waals surface area contributed by atoms with Crippen LogP contribution in [0.5, 0.6) is 0 Å². The van der Waals surface area contributed by atoms with Crippen molar-refractivity contribution in [3.8, 4) is 0 Å². The van der Waals surface area contributed by atoms with Crippen molar-refractivity contribution in [2.75, 3.05) is 10.6 Å². The number of hydrogen-bond donors (Lipinski definition) is 3. The lowest BCUT2D eigenvalue weighted by Gasteiger charge is -2.17. The van der Waals surface area contributed by atoms with Crippen LogP contribution in [0.15, 0.2) is 132 Å². The number of pyridine rings is 1. The Kier molecular flexibility index (Phi) is 11.1. The second-order valence-electron chi connectivity index (χ2n) is 9.79. The zero-order chi connectivity index (χ0) is 32.5. The lowest BCUT2D eigenvalue weighted by atomic mass is 10.1. The van der Waals surface area contributed by atoms with E-state index >= 15 is 0 Å². The third-order valence-corrected chi connectivity index (χ3v) is 8.49. The number of benzene rings is 4. The van der Waals surface area contributed by atoms with Crippen LogP contribution in [0, 0.1) is 0 Å². The maximum absolute atomic E-state index is 13.6. The summed E-state index contributed by atoms with van der Waals surface area (Å²) in [5.74, 6) is -0.962. The molecule has 5 aromatic rings. The van der Waals surface area contributed by atoms with Crippen LogP contribution < -0.4 is 16.0 Å². The van der Waals surface area contributed by atoms with Crippen molar-refractivity contribution in [2.45, 2.75) is 10.1 Å². The van der Waals surface area contributed by atoms with E-state index in [-0.39, 0.29) is 11.6 Å². The Morgan fingerprint density at radius 2 is 1.46 bits per heavy atom. The Morgan fingerprint density at radius 3 is 2.15 bits per heavy atom. The first kappa shape index (κ1) is 32.8. The third kappa shape index (κ3) is 8.99. The fraction of sp³-hybridized carbons (Fsp3) is 0.0286. The van der Waals surface area contributed by atoms with Gasteiger partial charge in [0, 0.05) is 32.4 Å². The molecule has 0 spiro atoms. The van der Waals surface area contributed by atoms with Crippen LogP contribution >= 0.6 is 46.6 Å². The zero-order valence-corrected chi connectivity index (χ0v) is 27.0. The van der Waals surface area contributed by atoms with E-state index in [0.29, 0.717) is 42.6 Å². The minimum atomic E-state index is -0.641. The van der Waals surface area contributed by atoms with Gasteiger partial charge in [-0.3, -0.25) is 14.4 Å². The Hall–Kier alpha value is -4.60. The van der Waals surface area contributed by atoms with E-state index < -0.39 is 17.1 Å². The van der Waals surface area contributed by atoms with Gasteiger partial charge in [0.1, 0.15) is 16.8 Å². The number of thioether (sulfide) groups is 1. The van der Waals surface area contributed by atoms with Gasteiger partial charge >= 0.3 is 0 Å². The summed E-state index contributed by atoms with van der Waals surface area (Å²) in [7, 11) is 0. The van der Waals surface area contributed by atoms with E-state index in [1.54, 1.807) is 78.9 Å². The second kappa shape index (κ2) is 15.6. The van der Waals surface area contributed by atoms with E-state index in [1.807, 2.05) is 36.4 Å². The van der Waals surface area contributed by atoms with Crippen molar-refractivity contribution >= 4 is 81.9 Å². The monoisotopic (exact) mass is 686 g/mol. The standard InChI is InChI=1S/C35H25Cl3N4O3S/c36-25-15-14-24(29(38)19-25)18-30(41-33(43)23-10-5-2-6-11-23)34(44)40-27-12-7-13-28(20-27)46-32(22-8-3-1-4-9-22)35(45)42-31-17-16-26(37)21-39-31/h1-21,32H,(H,40,44)(H,41,43)(H,39,42,45)/b30-18+. The van der Waals surface area contributed by atoms with Gasteiger partial charge in [0.25, 0.3) is 11.8 Å². The topological polar surface area (TPSA) is 100 Å². The highest BCUT2D eigenvalue weighted by atomic mass is 35.5. The van der Waals surface area contributed by atoms with Crippen molar-refractivity contribution in [3.63, 3.8) is 0 Å². The minimum Gasteiger partial charge on any atom is -0.321 e. The summed E-state index contributed by atoms with van der Waals surface area (Å²) in [6, 6.07) is 33.0. The van der Waals surface area contributed by atoms with Gasteiger partial charge in [-0.25, -0.2) is 4.98 Å². The molecule has 1 unspecified atom stereocenters. The van der Waals surface area contributed by atoms with Crippen molar-refractivity contribution in [1.82, 2.24) is 10.3 Å². The highest BCUT2D eigenvalue weighted by molar-refractivity contribution is 8.00. The molecule has 0 saturated carbocycles. The minimum absolute atomic E-state index is 0.0341. The number of halogens is 3. The van der Waals surface area contributed by atoms with Gasteiger partial charge in [-0.15, -0.1) is 11.8 Å². The first-order valence-electron chi connectivity index (χ1n) is 13.8. The molecular weight excluding hydrogens is 663 g/mol. The van der Waals surface area contributed by atoms with Gasteiger partial charge in [0.15, 0.2) is 0 Å². The Labute approximate surface area is 285 Å². The van der Waals surface area contributed by atoms with Gasteiger partial charge in [-0.2, -0.15) is 0 Å².